The number of rotatable bonds is 10. The molecule has 6 rings (SSSR count). The van der Waals surface area contributed by atoms with Gasteiger partial charge in [0.1, 0.15) is 12.7 Å². The second-order valence-corrected chi connectivity index (χ2v) is 9.79. The molecule has 186 valence electrons. The minimum absolute atomic E-state index is 0.513. The van der Waals surface area contributed by atoms with E-state index in [2.05, 4.69) is 61.9 Å². The Labute approximate surface area is 210 Å². The van der Waals surface area contributed by atoms with Crippen LogP contribution in [-0.4, -0.2) is 43.8 Å². The van der Waals surface area contributed by atoms with Gasteiger partial charge in [-0.1, -0.05) is 0 Å². The van der Waals surface area contributed by atoms with Crippen molar-refractivity contribution in [3.63, 3.8) is 0 Å². The van der Waals surface area contributed by atoms with E-state index in [0.29, 0.717) is 12.0 Å². The van der Waals surface area contributed by atoms with Crippen molar-refractivity contribution in [2.45, 2.75) is 44.8 Å². The number of benzene rings is 1. The van der Waals surface area contributed by atoms with Gasteiger partial charge in [0.15, 0.2) is 0 Å². The highest BCUT2D eigenvalue weighted by Gasteiger charge is 2.30. The maximum atomic E-state index is 5.37. The first-order valence-electron chi connectivity index (χ1n) is 12.8. The van der Waals surface area contributed by atoms with E-state index in [1.165, 1.54) is 34.0 Å². The van der Waals surface area contributed by atoms with E-state index >= 15 is 0 Å². The monoisotopic (exact) mass is 484 g/mol. The zero-order valence-corrected chi connectivity index (χ0v) is 20.3. The molecule has 2 atom stereocenters. The maximum absolute atomic E-state index is 5.37. The molecule has 0 bridgehead atoms. The lowest BCUT2D eigenvalue weighted by atomic mass is 9.86. The van der Waals surface area contributed by atoms with Crippen LogP contribution < -0.4 is 5.32 Å². The van der Waals surface area contributed by atoms with Gasteiger partial charge in [-0.2, -0.15) is 0 Å². The molecule has 0 aliphatic carbocycles. The van der Waals surface area contributed by atoms with E-state index in [-0.39, 0.29) is 0 Å². The normalized spacial score (nSPS) is 18.4. The molecule has 8 nitrogen and oxygen atoms in total. The third-order valence-electron chi connectivity index (χ3n) is 7.46. The van der Waals surface area contributed by atoms with E-state index in [4.69, 9.17) is 8.83 Å². The quantitative estimate of drug-likeness (QED) is 0.292. The molecule has 0 radical (unpaired) electrons. The summed E-state index contributed by atoms with van der Waals surface area (Å²) in [5.74, 6) is 0.593. The van der Waals surface area contributed by atoms with Crippen molar-refractivity contribution < 1.29 is 8.83 Å². The Kier molecular flexibility index (Phi) is 6.69. The van der Waals surface area contributed by atoms with Crippen molar-refractivity contribution in [1.82, 2.24) is 30.0 Å². The second-order valence-electron chi connectivity index (χ2n) is 9.79. The van der Waals surface area contributed by atoms with Crippen LogP contribution >= 0.6 is 0 Å². The zero-order valence-electron chi connectivity index (χ0n) is 20.3. The first-order chi connectivity index (χ1) is 17.8. The molecular formula is C28H32N6O2. The van der Waals surface area contributed by atoms with Gasteiger partial charge in [-0.05, 0) is 80.6 Å². The topological polar surface area (TPSA) is 88.0 Å². The molecule has 1 aliphatic heterocycles. The first kappa shape index (κ1) is 22.8. The molecule has 0 spiro atoms. The Morgan fingerprint density at radius 3 is 2.50 bits per heavy atom. The number of aromatic nitrogens is 4. The summed E-state index contributed by atoms with van der Waals surface area (Å²) in [4.78, 5) is 6.06. The van der Waals surface area contributed by atoms with E-state index in [0.717, 1.165) is 51.1 Å². The fourth-order valence-corrected chi connectivity index (χ4v) is 5.63. The second kappa shape index (κ2) is 10.6. The molecule has 2 unspecified atom stereocenters. The molecule has 4 aromatic heterocycles. The van der Waals surface area contributed by atoms with Crippen molar-refractivity contribution in [3.05, 3.63) is 90.9 Å². The number of H-pyrrole nitrogens is 1. The highest BCUT2D eigenvalue weighted by Crippen LogP contribution is 2.28. The van der Waals surface area contributed by atoms with Gasteiger partial charge in [0.2, 0.25) is 0 Å². The third kappa shape index (κ3) is 5.01. The Balaban J connectivity index is 1.15. The van der Waals surface area contributed by atoms with Gasteiger partial charge >= 0.3 is 0 Å². The van der Waals surface area contributed by atoms with Crippen LogP contribution in [0.5, 0.6) is 0 Å². The summed E-state index contributed by atoms with van der Waals surface area (Å²) in [6, 6.07) is 11.1. The first-order valence-corrected chi connectivity index (χ1v) is 12.8. The lowest BCUT2D eigenvalue weighted by molar-refractivity contribution is 0.0913. The minimum atomic E-state index is 0.513. The molecule has 1 aliphatic rings. The molecule has 8 heteroatoms. The predicted octanol–water partition coefficient (Wildman–Crippen LogP) is 4.94. The molecule has 0 amide bonds. The van der Waals surface area contributed by atoms with Crippen molar-refractivity contribution in [1.29, 1.82) is 0 Å². The van der Waals surface area contributed by atoms with Gasteiger partial charge in [-0.3, -0.25) is 9.47 Å². The SMILES string of the molecule is c1cc(CN(Cc2ccoc2)C2CCNCC2CCCc2c[nH]c3ccc(-n4cnnc4)cc23)co1. The molecule has 1 aromatic carbocycles. The van der Waals surface area contributed by atoms with Gasteiger partial charge in [0.05, 0.1) is 25.1 Å². The predicted molar refractivity (Wildman–Crippen MR) is 138 cm³/mol. The van der Waals surface area contributed by atoms with Crippen molar-refractivity contribution >= 4 is 10.9 Å². The molecule has 1 saturated heterocycles. The lowest BCUT2D eigenvalue weighted by Crippen LogP contribution is -2.49. The Morgan fingerprint density at radius 2 is 1.78 bits per heavy atom. The number of nitrogens with zero attached hydrogens (tertiary/aromatic N) is 4. The van der Waals surface area contributed by atoms with E-state index < -0.39 is 0 Å². The molecule has 1 fully saturated rings. The van der Waals surface area contributed by atoms with Crippen molar-refractivity contribution in [2.24, 2.45) is 5.92 Å². The van der Waals surface area contributed by atoms with Gasteiger partial charge in [0, 0.05) is 53.0 Å². The van der Waals surface area contributed by atoms with Crippen LogP contribution in [0.25, 0.3) is 16.6 Å². The van der Waals surface area contributed by atoms with Gasteiger partial charge in [-0.15, -0.1) is 10.2 Å². The van der Waals surface area contributed by atoms with Crippen LogP contribution in [0.4, 0.5) is 0 Å². The highest BCUT2D eigenvalue weighted by molar-refractivity contribution is 5.85. The number of hydrogen-bond acceptors (Lipinski definition) is 6. The largest absolute Gasteiger partial charge is 0.472 e. The molecule has 5 heterocycles. The number of aromatic amines is 1. The van der Waals surface area contributed by atoms with Crippen LogP contribution in [0.2, 0.25) is 0 Å². The summed E-state index contributed by atoms with van der Waals surface area (Å²) < 4.78 is 12.7. The summed E-state index contributed by atoms with van der Waals surface area (Å²) in [5, 5.41) is 12.8. The van der Waals surface area contributed by atoms with Crippen LogP contribution in [0.3, 0.4) is 0 Å². The Hall–Kier alpha value is -3.62. The van der Waals surface area contributed by atoms with E-state index in [1.54, 1.807) is 25.2 Å². The summed E-state index contributed by atoms with van der Waals surface area (Å²) in [5.41, 5.74) is 6.07. The van der Waals surface area contributed by atoms with E-state index in [9.17, 15) is 0 Å². The number of aryl methyl sites for hydroxylation is 1. The van der Waals surface area contributed by atoms with E-state index in [1.807, 2.05) is 17.1 Å². The van der Waals surface area contributed by atoms with Crippen LogP contribution in [-0.2, 0) is 19.5 Å². The van der Waals surface area contributed by atoms with Crippen LogP contribution in [0.15, 0.2) is 83.1 Å². The molecule has 5 aromatic rings. The number of hydrogen-bond donors (Lipinski definition) is 2. The molecule has 36 heavy (non-hydrogen) atoms. The molecule has 0 saturated carbocycles. The van der Waals surface area contributed by atoms with Gasteiger partial charge in [0.25, 0.3) is 0 Å². The van der Waals surface area contributed by atoms with Gasteiger partial charge < -0.3 is 19.1 Å². The summed E-state index contributed by atoms with van der Waals surface area (Å²) >= 11 is 0. The van der Waals surface area contributed by atoms with Crippen LogP contribution in [0, 0.1) is 5.92 Å². The Morgan fingerprint density at radius 1 is 1.00 bits per heavy atom. The van der Waals surface area contributed by atoms with Gasteiger partial charge in [-0.25, -0.2) is 0 Å². The average Bonchev–Trinajstić information content (AvgIpc) is 3.73. The average molecular weight is 485 g/mol. The molecule has 2 N–H and O–H groups in total. The standard InChI is InChI=1S/C28H32N6O2/c1(2-23-14-30-27-5-4-25(12-26(23)27)34-19-31-32-20-34)3-24-13-29-9-6-28(24)33(15-21-7-10-35-17-21)16-22-8-11-36-18-22/h4-5,7-8,10-12,14,17-20,24,28-30H,1-3,6,9,13,15-16H2. The minimum Gasteiger partial charge on any atom is -0.472 e. The van der Waals surface area contributed by atoms with Crippen LogP contribution in [0.1, 0.15) is 36.0 Å². The smallest absolute Gasteiger partial charge is 0.123 e. The highest BCUT2D eigenvalue weighted by atomic mass is 16.3. The maximum Gasteiger partial charge on any atom is 0.123 e. The fourth-order valence-electron chi connectivity index (χ4n) is 5.63. The summed E-state index contributed by atoms with van der Waals surface area (Å²) in [7, 11) is 0. The number of piperidine rings is 1. The third-order valence-corrected chi connectivity index (χ3v) is 7.46. The van der Waals surface area contributed by atoms with Crippen molar-refractivity contribution in [2.75, 3.05) is 13.1 Å². The molecular weight excluding hydrogens is 452 g/mol. The lowest BCUT2D eigenvalue weighted by Gasteiger charge is -2.40. The number of fused-ring (bicyclic) bond motifs is 1. The van der Waals surface area contributed by atoms with Crippen molar-refractivity contribution in [3.8, 4) is 5.69 Å². The summed E-state index contributed by atoms with van der Waals surface area (Å²) in [6.07, 6.45) is 17.4. The number of nitrogens with one attached hydrogen (secondary N) is 2. The Bertz CT molecular complexity index is 1300. The fraction of sp³-hybridized carbons (Fsp3) is 0.357. The number of furan rings is 2. The zero-order chi connectivity index (χ0) is 24.2. The summed E-state index contributed by atoms with van der Waals surface area (Å²) in [6.45, 7) is 3.89.